The largest absolute Gasteiger partial charge is 0.335 e. The third kappa shape index (κ3) is 1.09. The van der Waals surface area contributed by atoms with Gasteiger partial charge in [-0.25, -0.2) is 0 Å². The molecule has 0 fully saturated rings. The third-order valence-corrected chi connectivity index (χ3v) is 2.31. The average molecular weight is 170 g/mol. The van der Waals surface area contributed by atoms with Crippen LogP contribution in [0.4, 0.5) is 0 Å². The molecule has 0 amide bonds. The molecule has 2 nitrogen and oxygen atoms in total. The third-order valence-electron chi connectivity index (χ3n) is 2.31. The van der Waals surface area contributed by atoms with Gasteiger partial charge in [-0.1, -0.05) is 11.6 Å². The molecule has 1 aromatic heterocycles. The highest BCUT2D eigenvalue weighted by molar-refractivity contribution is 5.82. The summed E-state index contributed by atoms with van der Waals surface area (Å²) in [6.07, 6.45) is 0. The van der Waals surface area contributed by atoms with E-state index in [9.17, 15) is 0 Å². The molecule has 0 spiro atoms. The van der Waals surface area contributed by atoms with E-state index in [0.29, 0.717) is 5.69 Å². The summed E-state index contributed by atoms with van der Waals surface area (Å²) in [5.74, 6) is 0. The van der Waals surface area contributed by atoms with Crippen LogP contribution >= 0.6 is 0 Å². The van der Waals surface area contributed by atoms with Gasteiger partial charge in [0.1, 0.15) is 11.8 Å². The Labute approximate surface area is 77.0 Å². The van der Waals surface area contributed by atoms with Crippen molar-refractivity contribution < 1.29 is 0 Å². The zero-order valence-corrected chi connectivity index (χ0v) is 7.70. The Morgan fingerprint density at radius 2 is 2.08 bits per heavy atom. The fraction of sp³-hybridized carbons (Fsp3) is 0.182. The first-order valence-electron chi connectivity index (χ1n) is 4.18. The van der Waals surface area contributed by atoms with Gasteiger partial charge < -0.3 is 4.57 Å². The van der Waals surface area contributed by atoms with Gasteiger partial charge in [0.05, 0.1) is 0 Å². The number of hydrogen-bond acceptors (Lipinski definition) is 1. The van der Waals surface area contributed by atoms with E-state index < -0.39 is 0 Å². The van der Waals surface area contributed by atoms with E-state index in [2.05, 4.69) is 25.1 Å². The van der Waals surface area contributed by atoms with Crippen molar-refractivity contribution >= 4 is 10.9 Å². The average Bonchev–Trinajstić information content (AvgIpc) is 2.42. The quantitative estimate of drug-likeness (QED) is 0.596. The lowest BCUT2D eigenvalue weighted by molar-refractivity contribution is 0.947. The summed E-state index contributed by atoms with van der Waals surface area (Å²) >= 11 is 0. The second-order valence-corrected chi connectivity index (χ2v) is 3.26. The molecule has 0 unspecified atom stereocenters. The topological polar surface area (TPSA) is 28.7 Å². The Morgan fingerprint density at radius 1 is 1.31 bits per heavy atom. The van der Waals surface area contributed by atoms with Crippen LogP contribution in [0.2, 0.25) is 0 Å². The van der Waals surface area contributed by atoms with E-state index in [1.807, 2.05) is 23.7 Å². The summed E-state index contributed by atoms with van der Waals surface area (Å²) in [6.45, 7) is 2.05. The number of aryl methyl sites for hydroxylation is 2. The lowest BCUT2D eigenvalue weighted by atomic mass is 10.2. The van der Waals surface area contributed by atoms with Crippen LogP contribution < -0.4 is 0 Å². The Hall–Kier alpha value is -1.75. The maximum atomic E-state index is 8.82. The minimum absolute atomic E-state index is 0.709. The number of nitriles is 1. The van der Waals surface area contributed by atoms with Gasteiger partial charge in [-0.15, -0.1) is 0 Å². The van der Waals surface area contributed by atoms with Crippen molar-refractivity contribution in [3.63, 3.8) is 0 Å². The number of aromatic nitrogens is 1. The molecular formula is C11H10N2. The summed E-state index contributed by atoms with van der Waals surface area (Å²) in [5, 5.41) is 9.96. The summed E-state index contributed by atoms with van der Waals surface area (Å²) in [6, 6.07) is 10.3. The number of hydrogen-bond donors (Lipinski definition) is 0. The monoisotopic (exact) mass is 170 g/mol. The lowest BCUT2D eigenvalue weighted by Gasteiger charge is -1.97. The highest BCUT2D eigenvalue weighted by Crippen LogP contribution is 2.19. The van der Waals surface area contributed by atoms with Gasteiger partial charge in [-0.2, -0.15) is 5.26 Å². The molecule has 1 aromatic carbocycles. The minimum Gasteiger partial charge on any atom is -0.335 e. The standard InChI is InChI=1S/C11H10N2/c1-8-3-4-11-9(5-8)6-10(7-12)13(11)2/h3-6H,1-2H3. The van der Waals surface area contributed by atoms with E-state index in [1.54, 1.807) is 0 Å². The van der Waals surface area contributed by atoms with Crippen molar-refractivity contribution in [3.05, 3.63) is 35.5 Å². The maximum Gasteiger partial charge on any atom is 0.121 e. The van der Waals surface area contributed by atoms with Gasteiger partial charge in [0.2, 0.25) is 0 Å². The molecule has 0 aliphatic rings. The van der Waals surface area contributed by atoms with Crippen LogP contribution in [0.15, 0.2) is 24.3 Å². The molecule has 0 radical (unpaired) electrons. The highest BCUT2D eigenvalue weighted by atomic mass is 14.9. The molecule has 1 heterocycles. The Bertz CT molecular complexity index is 501. The molecule has 2 heteroatoms. The Balaban J connectivity index is 2.86. The van der Waals surface area contributed by atoms with Gasteiger partial charge >= 0.3 is 0 Å². The van der Waals surface area contributed by atoms with Gasteiger partial charge in [0.15, 0.2) is 0 Å². The zero-order chi connectivity index (χ0) is 9.42. The summed E-state index contributed by atoms with van der Waals surface area (Å²) in [7, 11) is 1.91. The van der Waals surface area contributed by atoms with Crippen molar-refractivity contribution in [2.24, 2.45) is 7.05 Å². The van der Waals surface area contributed by atoms with Gasteiger partial charge in [-0.3, -0.25) is 0 Å². The van der Waals surface area contributed by atoms with E-state index >= 15 is 0 Å². The molecule has 0 saturated carbocycles. The first-order valence-corrected chi connectivity index (χ1v) is 4.18. The van der Waals surface area contributed by atoms with Crippen molar-refractivity contribution in [3.8, 4) is 6.07 Å². The van der Waals surface area contributed by atoms with Crippen LogP contribution in [-0.2, 0) is 7.05 Å². The molecule has 0 atom stereocenters. The summed E-state index contributed by atoms with van der Waals surface area (Å²) in [4.78, 5) is 0. The van der Waals surface area contributed by atoms with E-state index in [1.165, 1.54) is 5.56 Å². The van der Waals surface area contributed by atoms with Crippen molar-refractivity contribution in [2.75, 3.05) is 0 Å². The molecule has 2 rings (SSSR count). The smallest absolute Gasteiger partial charge is 0.121 e. The van der Waals surface area contributed by atoms with Crippen LogP contribution in [-0.4, -0.2) is 4.57 Å². The summed E-state index contributed by atoms with van der Waals surface area (Å²) < 4.78 is 1.91. The molecule has 64 valence electrons. The molecule has 0 N–H and O–H groups in total. The zero-order valence-electron chi connectivity index (χ0n) is 7.70. The van der Waals surface area contributed by atoms with Gasteiger partial charge in [-0.05, 0) is 25.1 Å². The van der Waals surface area contributed by atoms with Crippen LogP contribution in [0.1, 0.15) is 11.3 Å². The number of rotatable bonds is 0. The normalized spacial score (nSPS) is 10.2. The van der Waals surface area contributed by atoms with Crippen molar-refractivity contribution in [1.82, 2.24) is 4.57 Å². The van der Waals surface area contributed by atoms with Crippen molar-refractivity contribution in [2.45, 2.75) is 6.92 Å². The first-order chi connectivity index (χ1) is 6.22. The highest BCUT2D eigenvalue weighted by Gasteiger charge is 2.03. The minimum atomic E-state index is 0.709. The molecule has 2 aromatic rings. The number of benzene rings is 1. The predicted molar refractivity (Wildman–Crippen MR) is 52.4 cm³/mol. The molecule has 0 aliphatic carbocycles. The second kappa shape index (κ2) is 2.63. The molecule has 0 bridgehead atoms. The lowest BCUT2D eigenvalue weighted by Crippen LogP contribution is -1.89. The number of fused-ring (bicyclic) bond motifs is 1. The number of nitrogens with zero attached hydrogens (tertiary/aromatic N) is 2. The SMILES string of the molecule is Cc1ccc2c(c1)cc(C#N)n2C. The fourth-order valence-corrected chi connectivity index (χ4v) is 1.58. The summed E-state index contributed by atoms with van der Waals surface area (Å²) in [5.41, 5.74) is 3.05. The second-order valence-electron chi connectivity index (χ2n) is 3.26. The molecule has 0 saturated heterocycles. The molecular weight excluding hydrogens is 160 g/mol. The van der Waals surface area contributed by atoms with E-state index in [0.717, 1.165) is 10.9 Å². The molecule has 13 heavy (non-hydrogen) atoms. The van der Waals surface area contributed by atoms with Crippen LogP contribution in [0, 0.1) is 18.3 Å². The van der Waals surface area contributed by atoms with E-state index in [-0.39, 0.29) is 0 Å². The fourth-order valence-electron chi connectivity index (χ4n) is 1.58. The first kappa shape index (κ1) is 7.88. The van der Waals surface area contributed by atoms with Crippen LogP contribution in [0.25, 0.3) is 10.9 Å². The van der Waals surface area contributed by atoms with E-state index in [4.69, 9.17) is 5.26 Å². The van der Waals surface area contributed by atoms with Gasteiger partial charge in [0.25, 0.3) is 0 Å². The van der Waals surface area contributed by atoms with Gasteiger partial charge in [0, 0.05) is 18.0 Å². The Kier molecular flexibility index (Phi) is 1.60. The van der Waals surface area contributed by atoms with Crippen LogP contribution in [0.3, 0.4) is 0 Å². The molecule has 0 aliphatic heterocycles. The van der Waals surface area contributed by atoms with Crippen molar-refractivity contribution in [1.29, 1.82) is 5.26 Å². The maximum absolute atomic E-state index is 8.82. The predicted octanol–water partition coefficient (Wildman–Crippen LogP) is 2.36. The van der Waals surface area contributed by atoms with Crippen LogP contribution in [0.5, 0.6) is 0 Å². The Morgan fingerprint density at radius 3 is 2.77 bits per heavy atom.